The molecule has 0 radical (unpaired) electrons. The van der Waals surface area contributed by atoms with Crippen LogP contribution in [0, 0.1) is 22.7 Å². The molecule has 0 aromatic heterocycles. The normalized spacial score (nSPS) is 17.8. The molecular weight excluding hydrogens is 224 g/mol. The predicted molar refractivity (Wildman–Crippen MR) is 70.0 cm³/mol. The van der Waals surface area contributed by atoms with Crippen LogP contribution in [0.4, 0.5) is 5.69 Å². The summed E-state index contributed by atoms with van der Waals surface area (Å²) >= 11 is 0. The number of hydrogen-bond donors (Lipinski definition) is 0. The van der Waals surface area contributed by atoms with Crippen molar-refractivity contribution < 1.29 is 0 Å². The lowest BCUT2D eigenvalue weighted by Crippen LogP contribution is -2.49. The molecule has 1 unspecified atom stereocenters. The molecule has 2 rings (SSSR count). The lowest BCUT2D eigenvalue weighted by Gasteiger charge is -2.37. The quantitative estimate of drug-likeness (QED) is 0.787. The Morgan fingerprint density at radius 3 is 2.17 bits per heavy atom. The molecule has 1 saturated heterocycles. The van der Waals surface area contributed by atoms with Crippen molar-refractivity contribution in [3.05, 3.63) is 29.8 Å². The second-order valence-electron chi connectivity index (χ2n) is 4.49. The fourth-order valence-corrected chi connectivity index (χ4v) is 2.20. The largest absolute Gasteiger partial charge is 0.369 e. The van der Waals surface area contributed by atoms with E-state index in [0.29, 0.717) is 5.56 Å². The lowest BCUT2D eigenvalue weighted by molar-refractivity contribution is 0.231. The van der Waals surface area contributed by atoms with Crippen molar-refractivity contribution in [1.82, 2.24) is 4.90 Å². The van der Waals surface area contributed by atoms with Crippen molar-refractivity contribution in [2.45, 2.75) is 13.0 Å². The van der Waals surface area contributed by atoms with Crippen LogP contribution < -0.4 is 4.90 Å². The highest BCUT2D eigenvalue weighted by molar-refractivity contribution is 5.50. The Balaban J connectivity index is 1.97. The molecule has 0 saturated carbocycles. The number of nitrogens with zero attached hydrogens (tertiary/aromatic N) is 4. The van der Waals surface area contributed by atoms with Gasteiger partial charge in [0.05, 0.1) is 23.7 Å². The SMILES string of the molecule is CC(C#N)N1CCN(c2ccc(C#N)cc2)CC1. The number of hydrogen-bond acceptors (Lipinski definition) is 4. The van der Waals surface area contributed by atoms with Crippen molar-refractivity contribution in [3.8, 4) is 12.1 Å². The summed E-state index contributed by atoms with van der Waals surface area (Å²) in [6.07, 6.45) is 0. The van der Waals surface area contributed by atoms with Crippen molar-refractivity contribution in [1.29, 1.82) is 10.5 Å². The fraction of sp³-hybridized carbons (Fsp3) is 0.429. The van der Waals surface area contributed by atoms with Crippen LogP contribution >= 0.6 is 0 Å². The third-order valence-electron chi connectivity index (χ3n) is 3.41. The van der Waals surface area contributed by atoms with Gasteiger partial charge < -0.3 is 4.90 Å². The molecule has 1 heterocycles. The zero-order chi connectivity index (χ0) is 13.0. The first-order chi connectivity index (χ1) is 8.74. The molecule has 1 aromatic carbocycles. The van der Waals surface area contributed by atoms with E-state index in [4.69, 9.17) is 10.5 Å². The highest BCUT2D eigenvalue weighted by Crippen LogP contribution is 2.17. The Bertz CT molecular complexity index is 472. The second-order valence-corrected chi connectivity index (χ2v) is 4.49. The Kier molecular flexibility index (Phi) is 3.82. The summed E-state index contributed by atoms with van der Waals surface area (Å²) in [5.74, 6) is 0. The monoisotopic (exact) mass is 240 g/mol. The van der Waals surface area contributed by atoms with E-state index in [9.17, 15) is 0 Å². The molecule has 0 N–H and O–H groups in total. The summed E-state index contributed by atoms with van der Waals surface area (Å²) in [6, 6.07) is 12.1. The Hall–Kier alpha value is -2.04. The first kappa shape index (κ1) is 12.4. The highest BCUT2D eigenvalue weighted by atomic mass is 15.3. The topological polar surface area (TPSA) is 54.1 Å². The van der Waals surface area contributed by atoms with E-state index in [-0.39, 0.29) is 6.04 Å². The second kappa shape index (κ2) is 5.53. The maximum absolute atomic E-state index is 8.89. The van der Waals surface area contributed by atoms with Gasteiger partial charge in [-0.15, -0.1) is 0 Å². The van der Waals surface area contributed by atoms with E-state index in [0.717, 1.165) is 31.9 Å². The minimum Gasteiger partial charge on any atom is -0.369 e. The molecule has 4 nitrogen and oxygen atoms in total. The van der Waals surface area contributed by atoms with E-state index in [1.54, 1.807) is 0 Å². The van der Waals surface area contributed by atoms with Crippen LogP contribution in [0.25, 0.3) is 0 Å². The lowest BCUT2D eigenvalue weighted by atomic mass is 10.2. The van der Waals surface area contributed by atoms with Crippen molar-refractivity contribution in [3.63, 3.8) is 0 Å². The molecule has 4 heteroatoms. The molecule has 1 fully saturated rings. The molecule has 1 aliphatic rings. The minimum atomic E-state index is -0.00638. The molecule has 1 atom stereocenters. The molecule has 92 valence electrons. The van der Waals surface area contributed by atoms with E-state index in [1.165, 1.54) is 0 Å². The zero-order valence-corrected chi connectivity index (χ0v) is 10.5. The Morgan fingerprint density at radius 1 is 1.06 bits per heavy atom. The average molecular weight is 240 g/mol. The van der Waals surface area contributed by atoms with Gasteiger partial charge in [0.1, 0.15) is 0 Å². The van der Waals surface area contributed by atoms with Gasteiger partial charge in [0, 0.05) is 31.9 Å². The van der Waals surface area contributed by atoms with Gasteiger partial charge in [-0.1, -0.05) is 0 Å². The number of piperazine rings is 1. The van der Waals surface area contributed by atoms with Crippen LogP contribution in [-0.2, 0) is 0 Å². The number of rotatable bonds is 2. The predicted octanol–water partition coefficient (Wildman–Crippen LogP) is 1.59. The Labute approximate surface area is 108 Å². The Morgan fingerprint density at radius 2 is 1.67 bits per heavy atom. The van der Waals surface area contributed by atoms with E-state index >= 15 is 0 Å². The van der Waals surface area contributed by atoms with E-state index < -0.39 is 0 Å². The first-order valence-corrected chi connectivity index (χ1v) is 6.13. The van der Waals surface area contributed by atoms with E-state index in [1.807, 2.05) is 31.2 Å². The van der Waals surface area contributed by atoms with Gasteiger partial charge in [0.2, 0.25) is 0 Å². The van der Waals surface area contributed by atoms with Crippen molar-refractivity contribution in [2.24, 2.45) is 0 Å². The van der Waals surface area contributed by atoms with Crippen molar-refractivity contribution in [2.75, 3.05) is 31.1 Å². The van der Waals surface area contributed by atoms with Gasteiger partial charge in [-0.05, 0) is 31.2 Å². The molecule has 0 spiro atoms. The summed E-state index contributed by atoms with van der Waals surface area (Å²) < 4.78 is 0. The third kappa shape index (κ3) is 2.61. The zero-order valence-electron chi connectivity index (χ0n) is 10.5. The molecule has 18 heavy (non-hydrogen) atoms. The standard InChI is InChI=1S/C14H16N4/c1-12(10-15)17-6-8-18(9-7-17)14-4-2-13(11-16)3-5-14/h2-5,12H,6-9H2,1H3. The maximum atomic E-state index is 8.89. The van der Waals surface area contributed by atoms with Gasteiger partial charge in [-0.3, -0.25) is 4.90 Å². The first-order valence-electron chi connectivity index (χ1n) is 6.13. The molecule has 1 aromatic rings. The fourth-order valence-electron chi connectivity index (χ4n) is 2.20. The molecule has 0 aliphatic carbocycles. The molecule has 0 bridgehead atoms. The van der Waals surface area contributed by atoms with Crippen LogP contribution in [0.3, 0.4) is 0 Å². The number of nitriles is 2. The van der Waals surface area contributed by atoms with Gasteiger partial charge in [-0.2, -0.15) is 10.5 Å². The van der Waals surface area contributed by atoms with Crippen LogP contribution in [0.2, 0.25) is 0 Å². The van der Waals surface area contributed by atoms with Crippen molar-refractivity contribution >= 4 is 5.69 Å². The summed E-state index contributed by atoms with van der Waals surface area (Å²) in [5.41, 5.74) is 1.84. The number of anilines is 1. The number of benzene rings is 1. The molecular formula is C14H16N4. The maximum Gasteiger partial charge on any atom is 0.0991 e. The molecule has 1 aliphatic heterocycles. The van der Waals surface area contributed by atoms with Crippen LogP contribution in [-0.4, -0.2) is 37.1 Å². The summed E-state index contributed by atoms with van der Waals surface area (Å²) in [4.78, 5) is 4.49. The smallest absolute Gasteiger partial charge is 0.0991 e. The summed E-state index contributed by atoms with van der Waals surface area (Å²) in [7, 11) is 0. The average Bonchev–Trinajstić information content (AvgIpc) is 2.47. The van der Waals surface area contributed by atoms with Crippen LogP contribution in [0.1, 0.15) is 12.5 Å². The summed E-state index contributed by atoms with van der Waals surface area (Å²) in [5, 5.41) is 17.7. The molecule has 0 amide bonds. The summed E-state index contributed by atoms with van der Waals surface area (Å²) in [6.45, 7) is 5.62. The van der Waals surface area contributed by atoms with E-state index in [2.05, 4.69) is 21.9 Å². The van der Waals surface area contributed by atoms with Crippen LogP contribution in [0.15, 0.2) is 24.3 Å². The minimum absolute atomic E-state index is 0.00638. The highest BCUT2D eigenvalue weighted by Gasteiger charge is 2.20. The van der Waals surface area contributed by atoms with Crippen LogP contribution in [0.5, 0.6) is 0 Å². The van der Waals surface area contributed by atoms with Gasteiger partial charge >= 0.3 is 0 Å². The van der Waals surface area contributed by atoms with Gasteiger partial charge in [-0.25, -0.2) is 0 Å². The third-order valence-corrected chi connectivity index (χ3v) is 3.41. The van der Waals surface area contributed by atoms with Gasteiger partial charge in [0.15, 0.2) is 0 Å². The van der Waals surface area contributed by atoms with Gasteiger partial charge in [0.25, 0.3) is 0 Å².